The maximum absolute atomic E-state index is 11.7. The van der Waals surface area contributed by atoms with E-state index in [0.717, 1.165) is 6.42 Å². The number of hydrogen-bond donors (Lipinski definition) is 0. The van der Waals surface area contributed by atoms with E-state index in [4.69, 9.17) is 9.47 Å². The normalized spacial score (nSPS) is 10.9. The molecule has 0 amide bonds. The van der Waals surface area contributed by atoms with E-state index >= 15 is 0 Å². The smallest absolute Gasteiger partial charge is 0.341 e. The van der Waals surface area contributed by atoms with Crippen LogP contribution in [-0.2, 0) is 16.5 Å². The Bertz CT molecular complexity index is 386. The minimum Gasteiger partial charge on any atom is -0.460 e. The summed E-state index contributed by atoms with van der Waals surface area (Å²) >= 11 is 0. The third-order valence-electron chi connectivity index (χ3n) is 2.53. The third-order valence-corrected chi connectivity index (χ3v) is 2.53. The molecule has 0 spiro atoms. The van der Waals surface area contributed by atoms with Gasteiger partial charge in [0.05, 0.1) is 12.3 Å². The Labute approximate surface area is 108 Å². The summed E-state index contributed by atoms with van der Waals surface area (Å²) in [6.45, 7) is 7.52. The van der Waals surface area contributed by atoms with Crippen molar-refractivity contribution in [3.63, 3.8) is 0 Å². The Hall–Kier alpha value is -1.36. The second-order valence-corrected chi connectivity index (χ2v) is 4.73. The number of carbonyl (C=O) groups excluding carboxylic acids is 1. The van der Waals surface area contributed by atoms with Crippen LogP contribution in [0.5, 0.6) is 0 Å². The van der Waals surface area contributed by atoms with E-state index in [1.54, 1.807) is 24.9 Å². The van der Waals surface area contributed by atoms with E-state index in [-0.39, 0.29) is 12.6 Å². The van der Waals surface area contributed by atoms with Crippen LogP contribution in [0.2, 0.25) is 0 Å². The molecule has 0 bridgehead atoms. The van der Waals surface area contributed by atoms with Gasteiger partial charge in [-0.25, -0.2) is 4.79 Å². The van der Waals surface area contributed by atoms with Crippen LogP contribution in [0.25, 0.3) is 0 Å². The van der Waals surface area contributed by atoms with E-state index in [1.807, 2.05) is 0 Å². The summed E-state index contributed by atoms with van der Waals surface area (Å²) in [6.07, 6.45) is 2.69. The van der Waals surface area contributed by atoms with Crippen LogP contribution in [0.1, 0.15) is 36.3 Å². The van der Waals surface area contributed by atoms with Gasteiger partial charge in [0.25, 0.3) is 0 Å². The number of aryl methyl sites for hydroxylation is 2. The topological polar surface area (TPSA) is 53.4 Å². The van der Waals surface area contributed by atoms with Crippen molar-refractivity contribution in [3.05, 3.63) is 17.5 Å². The van der Waals surface area contributed by atoms with Crippen molar-refractivity contribution in [3.8, 4) is 0 Å². The van der Waals surface area contributed by atoms with Crippen molar-refractivity contribution < 1.29 is 14.3 Å². The monoisotopic (exact) mass is 254 g/mol. The predicted octanol–water partition coefficient (Wildman–Crippen LogP) is 1.95. The second kappa shape index (κ2) is 7.16. The molecular formula is C13H22N2O3. The molecule has 0 unspecified atom stereocenters. The first kappa shape index (κ1) is 14.7. The van der Waals surface area contributed by atoms with Gasteiger partial charge in [-0.3, -0.25) is 4.68 Å². The summed E-state index contributed by atoms with van der Waals surface area (Å²) in [7, 11) is 1.78. The largest absolute Gasteiger partial charge is 0.460 e. The SMILES string of the molecule is Cc1nn(C)cc1C(=O)OCCOCCC(C)C. The number of ether oxygens (including phenoxy) is 2. The molecule has 0 aromatic carbocycles. The lowest BCUT2D eigenvalue weighted by molar-refractivity contribution is 0.0302. The molecule has 0 N–H and O–H groups in total. The van der Waals surface area contributed by atoms with Gasteiger partial charge in [-0.05, 0) is 19.3 Å². The molecule has 0 radical (unpaired) electrons. The Kier molecular flexibility index (Phi) is 5.85. The molecule has 0 aliphatic rings. The summed E-state index contributed by atoms with van der Waals surface area (Å²) < 4.78 is 12.1. The average molecular weight is 254 g/mol. The van der Waals surface area contributed by atoms with Crippen LogP contribution in [0.15, 0.2) is 6.20 Å². The van der Waals surface area contributed by atoms with E-state index in [0.29, 0.717) is 30.4 Å². The number of hydrogen-bond acceptors (Lipinski definition) is 4. The average Bonchev–Trinajstić information content (AvgIpc) is 2.62. The zero-order chi connectivity index (χ0) is 13.5. The van der Waals surface area contributed by atoms with Crippen molar-refractivity contribution in [1.29, 1.82) is 0 Å². The number of carbonyl (C=O) groups is 1. The third kappa shape index (κ3) is 4.87. The Morgan fingerprint density at radius 2 is 2.11 bits per heavy atom. The molecule has 1 aromatic heterocycles. The molecule has 5 heteroatoms. The van der Waals surface area contributed by atoms with Gasteiger partial charge in [-0.15, -0.1) is 0 Å². The van der Waals surface area contributed by atoms with Gasteiger partial charge in [0.15, 0.2) is 0 Å². The van der Waals surface area contributed by atoms with Crippen molar-refractivity contribution in [2.45, 2.75) is 27.2 Å². The van der Waals surface area contributed by atoms with Gasteiger partial charge < -0.3 is 9.47 Å². The van der Waals surface area contributed by atoms with E-state index in [2.05, 4.69) is 18.9 Å². The van der Waals surface area contributed by atoms with Crippen LogP contribution in [0, 0.1) is 12.8 Å². The first-order chi connectivity index (χ1) is 8.50. The molecule has 0 saturated heterocycles. The highest BCUT2D eigenvalue weighted by atomic mass is 16.6. The van der Waals surface area contributed by atoms with Crippen LogP contribution >= 0.6 is 0 Å². The number of nitrogens with zero attached hydrogens (tertiary/aromatic N) is 2. The fraction of sp³-hybridized carbons (Fsp3) is 0.692. The maximum Gasteiger partial charge on any atom is 0.341 e. The van der Waals surface area contributed by atoms with Crippen molar-refractivity contribution >= 4 is 5.97 Å². The van der Waals surface area contributed by atoms with Crippen LogP contribution < -0.4 is 0 Å². The molecule has 5 nitrogen and oxygen atoms in total. The zero-order valence-electron chi connectivity index (χ0n) is 11.6. The highest BCUT2D eigenvalue weighted by Gasteiger charge is 2.13. The van der Waals surface area contributed by atoms with Gasteiger partial charge in [-0.1, -0.05) is 13.8 Å². The van der Waals surface area contributed by atoms with E-state index in [1.165, 1.54) is 0 Å². The first-order valence-corrected chi connectivity index (χ1v) is 6.25. The highest BCUT2D eigenvalue weighted by molar-refractivity contribution is 5.90. The number of esters is 1. The Morgan fingerprint density at radius 3 is 2.67 bits per heavy atom. The summed E-state index contributed by atoms with van der Waals surface area (Å²) in [4.78, 5) is 11.7. The van der Waals surface area contributed by atoms with Crippen molar-refractivity contribution in [1.82, 2.24) is 9.78 Å². The van der Waals surface area contributed by atoms with Crippen LogP contribution in [0.3, 0.4) is 0 Å². The van der Waals surface area contributed by atoms with Gasteiger partial charge in [0.1, 0.15) is 12.2 Å². The number of rotatable bonds is 7. The molecule has 0 fully saturated rings. The highest BCUT2D eigenvalue weighted by Crippen LogP contribution is 2.06. The predicted molar refractivity (Wildman–Crippen MR) is 68.5 cm³/mol. The molecule has 1 aromatic rings. The van der Waals surface area contributed by atoms with Crippen molar-refractivity contribution in [2.24, 2.45) is 13.0 Å². The second-order valence-electron chi connectivity index (χ2n) is 4.73. The Morgan fingerprint density at radius 1 is 1.39 bits per heavy atom. The summed E-state index contributed by atoms with van der Waals surface area (Å²) in [6, 6.07) is 0. The first-order valence-electron chi connectivity index (χ1n) is 6.25. The molecule has 0 aliphatic carbocycles. The van der Waals surface area contributed by atoms with Gasteiger partial charge >= 0.3 is 5.97 Å². The fourth-order valence-electron chi connectivity index (χ4n) is 1.49. The molecule has 1 rings (SSSR count). The van der Waals surface area contributed by atoms with Gasteiger partial charge in [-0.2, -0.15) is 5.10 Å². The summed E-state index contributed by atoms with van der Waals surface area (Å²) in [5, 5.41) is 4.09. The minimum absolute atomic E-state index is 0.283. The molecule has 102 valence electrons. The van der Waals surface area contributed by atoms with E-state index in [9.17, 15) is 4.79 Å². The lowest BCUT2D eigenvalue weighted by atomic mass is 10.1. The summed E-state index contributed by atoms with van der Waals surface area (Å²) in [5.74, 6) is 0.290. The fourth-order valence-corrected chi connectivity index (χ4v) is 1.49. The summed E-state index contributed by atoms with van der Waals surface area (Å²) in [5.41, 5.74) is 1.20. The Balaban J connectivity index is 2.20. The molecule has 0 aliphatic heterocycles. The molecule has 18 heavy (non-hydrogen) atoms. The lowest BCUT2D eigenvalue weighted by Gasteiger charge is -2.07. The quantitative estimate of drug-likeness (QED) is 0.551. The number of aromatic nitrogens is 2. The molecular weight excluding hydrogens is 232 g/mol. The standard InChI is InChI=1S/C13H22N2O3/c1-10(2)5-6-17-7-8-18-13(16)12-9-15(4)14-11(12)3/h9-10H,5-8H2,1-4H3. The lowest BCUT2D eigenvalue weighted by Crippen LogP contribution is -2.12. The van der Waals surface area contributed by atoms with Gasteiger partial charge in [0.2, 0.25) is 0 Å². The van der Waals surface area contributed by atoms with Crippen LogP contribution in [0.4, 0.5) is 0 Å². The molecule has 0 atom stereocenters. The molecule has 0 saturated carbocycles. The van der Waals surface area contributed by atoms with Gasteiger partial charge in [0, 0.05) is 19.9 Å². The zero-order valence-corrected chi connectivity index (χ0v) is 11.6. The molecule has 1 heterocycles. The maximum atomic E-state index is 11.7. The van der Waals surface area contributed by atoms with Crippen LogP contribution in [-0.4, -0.2) is 35.6 Å². The van der Waals surface area contributed by atoms with Crippen molar-refractivity contribution in [2.75, 3.05) is 19.8 Å². The minimum atomic E-state index is -0.340. The van der Waals surface area contributed by atoms with E-state index < -0.39 is 0 Å².